The number of hydrogen-bond donors (Lipinski definition) is 2. The van der Waals surface area contributed by atoms with Gasteiger partial charge in [-0.05, 0) is 30.0 Å². The summed E-state index contributed by atoms with van der Waals surface area (Å²) in [5.41, 5.74) is 8.68. The fourth-order valence-corrected chi connectivity index (χ4v) is 1.79. The highest BCUT2D eigenvalue weighted by molar-refractivity contribution is 5.25. The molecule has 0 saturated carbocycles. The van der Waals surface area contributed by atoms with E-state index in [0.29, 0.717) is 5.92 Å². The maximum Gasteiger partial charge on any atom is 0.0421 e. The van der Waals surface area contributed by atoms with E-state index in [1.54, 1.807) is 0 Å². The fourth-order valence-electron chi connectivity index (χ4n) is 1.79. The Morgan fingerprint density at radius 1 is 1.19 bits per heavy atom. The summed E-state index contributed by atoms with van der Waals surface area (Å²) in [7, 11) is 0. The summed E-state index contributed by atoms with van der Waals surface area (Å²) in [4.78, 5) is 0. The van der Waals surface area contributed by atoms with Crippen molar-refractivity contribution < 1.29 is 0 Å². The highest BCUT2D eigenvalue weighted by Gasteiger charge is 2.05. The quantitative estimate of drug-likeness (QED) is 0.773. The summed E-state index contributed by atoms with van der Waals surface area (Å²) in [6, 6.07) is 8.80. The lowest BCUT2D eigenvalue weighted by molar-refractivity contribution is 0.614. The Morgan fingerprint density at radius 3 is 2.31 bits per heavy atom. The zero-order chi connectivity index (χ0) is 12.0. The summed E-state index contributed by atoms with van der Waals surface area (Å²) >= 11 is 0. The molecule has 0 fully saturated rings. The number of nitrogens with two attached hydrogens (primary N) is 1. The molecule has 1 aromatic rings. The summed E-state index contributed by atoms with van der Waals surface area (Å²) in [6.45, 7) is 8.40. The van der Waals surface area contributed by atoms with Gasteiger partial charge in [-0.2, -0.15) is 0 Å². The highest BCUT2D eigenvalue weighted by Crippen LogP contribution is 2.13. The van der Waals surface area contributed by atoms with E-state index in [1.165, 1.54) is 11.1 Å². The summed E-state index contributed by atoms with van der Waals surface area (Å²) in [5.74, 6) is 0.710. The van der Waals surface area contributed by atoms with Gasteiger partial charge in [-0.25, -0.2) is 0 Å². The SMILES string of the molecule is CCNCC(N)c1ccc(CC(C)C)cc1. The van der Waals surface area contributed by atoms with Gasteiger partial charge in [-0.1, -0.05) is 45.0 Å². The lowest BCUT2D eigenvalue weighted by atomic mass is 10.00. The molecule has 1 unspecified atom stereocenters. The van der Waals surface area contributed by atoms with Gasteiger partial charge in [0, 0.05) is 12.6 Å². The molecular formula is C14H24N2. The zero-order valence-corrected chi connectivity index (χ0v) is 10.7. The number of rotatable bonds is 6. The minimum Gasteiger partial charge on any atom is -0.323 e. The Balaban J connectivity index is 2.56. The van der Waals surface area contributed by atoms with Gasteiger partial charge in [0.05, 0.1) is 0 Å². The monoisotopic (exact) mass is 220 g/mol. The standard InChI is InChI=1S/C14H24N2/c1-4-16-10-14(15)13-7-5-12(6-8-13)9-11(2)3/h5-8,11,14,16H,4,9-10,15H2,1-3H3. The first-order valence-electron chi connectivity index (χ1n) is 6.18. The van der Waals surface area contributed by atoms with Gasteiger partial charge < -0.3 is 11.1 Å². The third kappa shape index (κ3) is 4.33. The second-order valence-corrected chi connectivity index (χ2v) is 4.75. The van der Waals surface area contributed by atoms with Crippen LogP contribution in [0, 0.1) is 5.92 Å². The molecule has 1 rings (SSSR count). The molecule has 0 aromatic heterocycles. The van der Waals surface area contributed by atoms with Crippen molar-refractivity contribution in [2.45, 2.75) is 33.2 Å². The molecule has 0 aliphatic rings. The predicted octanol–water partition coefficient (Wildman–Crippen LogP) is 2.49. The smallest absolute Gasteiger partial charge is 0.0421 e. The molecular weight excluding hydrogens is 196 g/mol. The van der Waals surface area contributed by atoms with E-state index in [0.717, 1.165) is 19.5 Å². The van der Waals surface area contributed by atoms with Crippen molar-refractivity contribution >= 4 is 0 Å². The minimum atomic E-state index is 0.105. The molecule has 0 aliphatic heterocycles. The number of benzene rings is 1. The van der Waals surface area contributed by atoms with Crippen LogP contribution in [-0.4, -0.2) is 13.1 Å². The van der Waals surface area contributed by atoms with Gasteiger partial charge in [-0.3, -0.25) is 0 Å². The highest BCUT2D eigenvalue weighted by atomic mass is 14.9. The van der Waals surface area contributed by atoms with E-state index >= 15 is 0 Å². The Bertz CT molecular complexity index is 290. The van der Waals surface area contributed by atoms with Crippen LogP contribution in [0.4, 0.5) is 0 Å². The van der Waals surface area contributed by atoms with Crippen LogP contribution < -0.4 is 11.1 Å². The van der Waals surface area contributed by atoms with Crippen molar-refractivity contribution in [3.05, 3.63) is 35.4 Å². The molecule has 16 heavy (non-hydrogen) atoms. The molecule has 0 saturated heterocycles. The van der Waals surface area contributed by atoms with Gasteiger partial charge in [-0.15, -0.1) is 0 Å². The van der Waals surface area contributed by atoms with Crippen LogP contribution in [0.3, 0.4) is 0 Å². The van der Waals surface area contributed by atoms with Crippen molar-refractivity contribution in [3.63, 3.8) is 0 Å². The van der Waals surface area contributed by atoms with Crippen molar-refractivity contribution in [2.75, 3.05) is 13.1 Å². The average Bonchev–Trinajstić information content (AvgIpc) is 2.26. The van der Waals surface area contributed by atoms with Crippen LogP contribution in [0.5, 0.6) is 0 Å². The fraction of sp³-hybridized carbons (Fsp3) is 0.571. The second kappa shape index (κ2) is 6.66. The van der Waals surface area contributed by atoms with Crippen molar-refractivity contribution in [1.82, 2.24) is 5.32 Å². The molecule has 0 amide bonds. The van der Waals surface area contributed by atoms with Crippen molar-refractivity contribution in [2.24, 2.45) is 11.7 Å². The first-order valence-corrected chi connectivity index (χ1v) is 6.18. The van der Waals surface area contributed by atoms with Crippen molar-refractivity contribution in [3.8, 4) is 0 Å². The van der Waals surface area contributed by atoms with Crippen LogP contribution in [0.1, 0.15) is 37.9 Å². The average molecular weight is 220 g/mol. The maximum atomic E-state index is 6.07. The lowest BCUT2D eigenvalue weighted by Crippen LogP contribution is -2.26. The summed E-state index contributed by atoms with van der Waals surface area (Å²) in [6.07, 6.45) is 1.14. The molecule has 3 N–H and O–H groups in total. The number of nitrogens with one attached hydrogen (secondary N) is 1. The van der Waals surface area contributed by atoms with Crippen molar-refractivity contribution in [1.29, 1.82) is 0 Å². The Hall–Kier alpha value is -0.860. The first-order chi connectivity index (χ1) is 7.63. The van der Waals surface area contributed by atoms with E-state index in [1.807, 2.05) is 0 Å². The Labute approximate surface area is 99.2 Å². The van der Waals surface area contributed by atoms with Gasteiger partial charge >= 0.3 is 0 Å². The molecule has 2 nitrogen and oxygen atoms in total. The largest absolute Gasteiger partial charge is 0.323 e. The van der Waals surface area contributed by atoms with Gasteiger partial charge in [0.15, 0.2) is 0 Å². The van der Waals surface area contributed by atoms with E-state index in [2.05, 4.69) is 50.4 Å². The Morgan fingerprint density at radius 2 is 1.81 bits per heavy atom. The molecule has 2 heteroatoms. The zero-order valence-electron chi connectivity index (χ0n) is 10.7. The van der Waals surface area contributed by atoms with E-state index in [9.17, 15) is 0 Å². The van der Waals surface area contributed by atoms with Crippen LogP contribution in [0.15, 0.2) is 24.3 Å². The molecule has 0 bridgehead atoms. The van der Waals surface area contributed by atoms with Crippen LogP contribution in [0.2, 0.25) is 0 Å². The maximum absolute atomic E-state index is 6.07. The van der Waals surface area contributed by atoms with Gasteiger partial charge in [0.2, 0.25) is 0 Å². The predicted molar refractivity (Wildman–Crippen MR) is 70.5 cm³/mol. The van der Waals surface area contributed by atoms with Crippen LogP contribution in [0.25, 0.3) is 0 Å². The summed E-state index contributed by atoms with van der Waals surface area (Å²) in [5, 5.41) is 3.27. The topological polar surface area (TPSA) is 38.0 Å². The summed E-state index contributed by atoms with van der Waals surface area (Å²) < 4.78 is 0. The van der Waals surface area contributed by atoms with Gasteiger partial charge in [0.25, 0.3) is 0 Å². The lowest BCUT2D eigenvalue weighted by Gasteiger charge is -2.13. The number of likely N-dealkylation sites (N-methyl/N-ethyl adjacent to an activating group) is 1. The molecule has 0 aliphatic carbocycles. The molecule has 0 spiro atoms. The number of hydrogen-bond acceptors (Lipinski definition) is 2. The normalized spacial score (nSPS) is 13.1. The molecule has 1 aromatic carbocycles. The van der Waals surface area contributed by atoms with E-state index in [4.69, 9.17) is 5.73 Å². The van der Waals surface area contributed by atoms with Gasteiger partial charge in [0.1, 0.15) is 0 Å². The first kappa shape index (κ1) is 13.2. The third-order valence-electron chi connectivity index (χ3n) is 2.67. The molecule has 90 valence electrons. The molecule has 0 radical (unpaired) electrons. The molecule has 1 atom stereocenters. The van der Waals surface area contributed by atoms with Crippen LogP contribution in [-0.2, 0) is 6.42 Å². The third-order valence-corrected chi connectivity index (χ3v) is 2.67. The van der Waals surface area contributed by atoms with E-state index < -0.39 is 0 Å². The Kier molecular flexibility index (Phi) is 5.50. The van der Waals surface area contributed by atoms with E-state index in [-0.39, 0.29) is 6.04 Å². The second-order valence-electron chi connectivity index (χ2n) is 4.75. The molecule has 0 heterocycles. The minimum absolute atomic E-state index is 0.105. The van der Waals surface area contributed by atoms with Crippen LogP contribution >= 0.6 is 0 Å².